The van der Waals surface area contributed by atoms with Gasteiger partial charge in [-0.3, -0.25) is 0 Å². The lowest BCUT2D eigenvalue weighted by Gasteiger charge is -2.29. The molecule has 94 valence electrons. The van der Waals surface area contributed by atoms with Crippen molar-refractivity contribution < 1.29 is 27.8 Å². The van der Waals surface area contributed by atoms with Crippen LogP contribution in [0.3, 0.4) is 0 Å². The van der Waals surface area contributed by atoms with Gasteiger partial charge in [0.15, 0.2) is 0 Å². The number of carbonyl (C=O) groups is 1. The molecule has 0 radical (unpaired) electrons. The number of aromatic hydroxyl groups is 1. The molecule has 0 aliphatic rings. The van der Waals surface area contributed by atoms with Crippen molar-refractivity contribution in [3.63, 3.8) is 0 Å². The number of esters is 1. The smallest absolute Gasteiger partial charge is 0.421 e. The van der Waals surface area contributed by atoms with Gasteiger partial charge in [0.1, 0.15) is 5.75 Å². The summed E-state index contributed by atoms with van der Waals surface area (Å²) in [6.45, 7) is 0. The van der Waals surface area contributed by atoms with Crippen LogP contribution in [0.15, 0.2) is 24.3 Å². The lowest BCUT2D eigenvalue weighted by atomic mass is 9.89. The minimum Gasteiger partial charge on any atom is -0.508 e. The largest absolute Gasteiger partial charge is 0.508 e. The molecule has 0 bridgehead atoms. The van der Waals surface area contributed by atoms with E-state index in [0.717, 1.165) is 19.2 Å². The van der Waals surface area contributed by atoms with E-state index in [1.807, 2.05) is 0 Å². The second-order valence-electron chi connectivity index (χ2n) is 3.31. The first kappa shape index (κ1) is 13.3. The number of ether oxygens (including phenoxy) is 1. The van der Waals surface area contributed by atoms with Crippen molar-refractivity contribution in [3.05, 3.63) is 29.8 Å². The van der Waals surface area contributed by atoms with Gasteiger partial charge in [-0.25, -0.2) is 4.79 Å². The Bertz CT molecular complexity index is 433. The summed E-state index contributed by atoms with van der Waals surface area (Å²) in [6.07, 6.45) is -5.08. The highest BCUT2D eigenvalue weighted by molar-refractivity contribution is 5.84. The first-order chi connectivity index (χ1) is 7.75. The van der Waals surface area contributed by atoms with Crippen LogP contribution in [0.2, 0.25) is 0 Å². The number of methoxy groups -OCH3 is 1. The average Bonchev–Trinajstić information content (AvgIpc) is 2.26. The van der Waals surface area contributed by atoms with Gasteiger partial charge in [0.25, 0.3) is 0 Å². The maximum atomic E-state index is 12.9. The zero-order chi connectivity index (χ0) is 13.3. The molecule has 0 spiro atoms. The van der Waals surface area contributed by atoms with Crippen molar-refractivity contribution in [1.29, 1.82) is 0 Å². The van der Waals surface area contributed by atoms with Crippen LogP contribution in [0.25, 0.3) is 0 Å². The van der Waals surface area contributed by atoms with Crippen LogP contribution in [-0.4, -0.2) is 24.4 Å². The molecule has 0 heterocycles. The number of alkyl halides is 3. The number of benzene rings is 1. The summed E-state index contributed by atoms with van der Waals surface area (Å²) in [6, 6.07) is 4.46. The van der Waals surface area contributed by atoms with Crippen molar-refractivity contribution in [2.45, 2.75) is 11.7 Å². The minimum absolute atomic E-state index is 0.724. The van der Waals surface area contributed by atoms with Gasteiger partial charge >= 0.3 is 12.1 Å². The van der Waals surface area contributed by atoms with Crippen molar-refractivity contribution in [2.75, 3.05) is 7.11 Å². The Morgan fingerprint density at radius 2 is 1.88 bits per heavy atom. The Labute approximate surface area is 94.8 Å². The van der Waals surface area contributed by atoms with Crippen LogP contribution in [0.5, 0.6) is 5.75 Å². The molecule has 0 aliphatic carbocycles. The Kier molecular flexibility index (Phi) is 3.33. The van der Waals surface area contributed by atoms with E-state index in [9.17, 15) is 23.1 Å². The Morgan fingerprint density at radius 1 is 1.35 bits per heavy atom. The van der Waals surface area contributed by atoms with Crippen LogP contribution in [-0.2, 0) is 15.1 Å². The van der Waals surface area contributed by atoms with Gasteiger partial charge < -0.3 is 15.6 Å². The topological polar surface area (TPSA) is 72.5 Å². The minimum atomic E-state index is -5.08. The number of rotatable bonds is 2. The second kappa shape index (κ2) is 4.25. The molecule has 1 unspecified atom stereocenters. The van der Waals surface area contributed by atoms with Gasteiger partial charge in [0, 0.05) is 5.56 Å². The molecule has 0 aliphatic heterocycles. The van der Waals surface area contributed by atoms with Gasteiger partial charge in [-0.05, 0) is 6.07 Å². The molecule has 0 aromatic heterocycles. The third-order valence-electron chi connectivity index (χ3n) is 2.28. The number of phenols is 1. The fourth-order valence-electron chi connectivity index (χ4n) is 1.35. The molecule has 7 heteroatoms. The predicted octanol–water partition coefficient (Wildman–Crippen LogP) is 1.28. The quantitative estimate of drug-likeness (QED) is 0.774. The van der Waals surface area contributed by atoms with Crippen molar-refractivity contribution >= 4 is 5.97 Å². The summed E-state index contributed by atoms with van der Waals surface area (Å²) in [5.74, 6) is -2.41. The normalized spacial score (nSPS) is 15.1. The number of phenolic OH excluding ortho intramolecular Hbond substituents is 1. The van der Waals surface area contributed by atoms with E-state index in [0.29, 0.717) is 0 Å². The lowest BCUT2D eigenvalue weighted by Crippen LogP contribution is -2.57. The van der Waals surface area contributed by atoms with E-state index in [4.69, 9.17) is 5.73 Å². The molecule has 3 N–H and O–H groups in total. The molecule has 0 fully saturated rings. The fraction of sp³-hybridized carbons (Fsp3) is 0.300. The summed E-state index contributed by atoms with van der Waals surface area (Å²) in [4.78, 5) is 11.3. The molecule has 1 atom stereocenters. The third kappa shape index (κ3) is 2.05. The van der Waals surface area contributed by atoms with Gasteiger partial charge in [-0.15, -0.1) is 0 Å². The molecule has 17 heavy (non-hydrogen) atoms. The number of halogens is 3. The van der Waals surface area contributed by atoms with Gasteiger partial charge in [-0.2, -0.15) is 13.2 Å². The van der Waals surface area contributed by atoms with Crippen LogP contribution in [0.1, 0.15) is 5.56 Å². The van der Waals surface area contributed by atoms with Gasteiger partial charge in [0.2, 0.25) is 5.54 Å². The van der Waals surface area contributed by atoms with Crippen LogP contribution < -0.4 is 5.73 Å². The lowest BCUT2D eigenvalue weighted by molar-refractivity contribution is -0.207. The summed E-state index contributed by atoms with van der Waals surface area (Å²) in [5, 5.41) is 9.37. The number of carbonyl (C=O) groups excluding carboxylic acids is 1. The first-order valence-electron chi connectivity index (χ1n) is 4.47. The summed E-state index contributed by atoms with van der Waals surface area (Å²) in [5.41, 5.74) is 0.959. The van der Waals surface area contributed by atoms with Crippen molar-refractivity contribution in [3.8, 4) is 5.75 Å². The molecule has 0 amide bonds. The van der Waals surface area contributed by atoms with Crippen LogP contribution in [0, 0.1) is 0 Å². The zero-order valence-corrected chi connectivity index (χ0v) is 8.78. The molecular formula is C10H10F3NO3. The molecule has 1 rings (SSSR count). The molecule has 1 aromatic carbocycles. The Morgan fingerprint density at radius 3 is 2.29 bits per heavy atom. The fourth-order valence-corrected chi connectivity index (χ4v) is 1.35. The van der Waals surface area contributed by atoms with Crippen LogP contribution >= 0.6 is 0 Å². The molecule has 4 nitrogen and oxygen atoms in total. The maximum Gasteiger partial charge on any atom is 0.421 e. The van der Waals surface area contributed by atoms with E-state index in [1.54, 1.807) is 0 Å². The predicted molar refractivity (Wildman–Crippen MR) is 52.0 cm³/mol. The third-order valence-corrected chi connectivity index (χ3v) is 2.28. The SMILES string of the molecule is COC(=O)C(N)(c1ccccc1O)C(F)(F)F. The van der Waals surface area contributed by atoms with E-state index in [2.05, 4.69) is 4.74 Å². The summed E-state index contributed by atoms with van der Waals surface area (Å²) < 4.78 is 42.7. The Balaban J connectivity index is 3.46. The number of hydrogen-bond acceptors (Lipinski definition) is 4. The van der Waals surface area contributed by atoms with Gasteiger partial charge in [-0.1, -0.05) is 18.2 Å². The van der Waals surface area contributed by atoms with Crippen molar-refractivity contribution in [2.24, 2.45) is 5.73 Å². The average molecular weight is 249 g/mol. The van der Waals surface area contributed by atoms with Crippen LogP contribution in [0.4, 0.5) is 13.2 Å². The number of nitrogens with two attached hydrogens (primary N) is 1. The summed E-state index contributed by atoms with van der Waals surface area (Å²) in [7, 11) is 0.787. The van der Waals surface area contributed by atoms with Gasteiger partial charge in [0.05, 0.1) is 7.11 Å². The highest BCUT2D eigenvalue weighted by Crippen LogP contribution is 2.41. The molecule has 0 saturated heterocycles. The first-order valence-corrected chi connectivity index (χ1v) is 4.47. The number of hydrogen-bond donors (Lipinski definition) is 2. The highest BCUT2D eigenvalue weighted by atomic mass is 19.4. The number of para-hydroxylation sites is 1. The standard InChI is InChI=1S/C10H10F3NO3/c1-17-8(16)9(14,10(11,12)13)6-4-2-3-5-7(6)15/h2-5,15H,14H2,1H3. The molecular weight excluding hydrogens is 239 g/mol. The second-order valence-corrected chi connectivity index (χ2v) is 3.31. The zero-order valence-electron chi connectivity index (χ0n) is 8.78. The molecule has 1 aromatic rings. The highest BCUT2D eigenvalue weighted by Gasteiger charge is 2.61. The maximum absolute atomic E-state index is 12.9. The summed E-state index contributed by atoms with van der Waals surface area (Å²) >= 11 is 0. The van der Waals surface area contributed by atoms with E-state index < -0.39 is 29.0 Å². The van der Waals surface area contributed by atoms with E-state index in [1.165, 1.54) is 12.1 Å². The van der Waals surface area contributed by atoms with E-state index in [-0.39, 0.29) is 0 Å². The monoisotopic (exact) mass is 249 g/mol. The van der Waals surface area contributed by atoms with Crippen molar-refractivity contribution in [1.82, 2.24) is 0 Å². The molecule has 0 saturated carbocycles. The van der Waals surface area contributed by atoms with E-state index >= 15 is 0 Å². The Hall–Kier alpha value is -1.76.